The first-order valence-corrected chi connectivity index (χ1v) is 9.01. The maximum Gasteiger partial charge on any atom is 0.194 e. The number of aliphatic imine (C=N–C) groups is 1. The molecule has 2 heterocycles. The van der Waals surface area contributed by atoms with Gasteiger partial charge in [0.2, 0.25) is 0 Å². The van der Waals surface area contributed by atoms with Gasteiger partial charge in [-0.2, -0.15) is 0 Å². The predicted octanol–water partition coefficient (Wildman–Crippen LogP) is 2.52. The van der Waals surface area contributed by atoms with Gasteiger partial charge in [-0.15, -0.1) is 24.0 Å². The Bertz CT molecular complexity index is 537. The van der Waals surface area contributed by atoms with Crippen molar-refractivity contribution in [3.8, 4) is 0 Å². The van der Waals surface area contributed by atoms with Crippen LogP contribution in [0, 0.1) is 5.92 Å². The Kier molecular flexibility index (Phi) is 7.40. The zero-order valence-electron chi connectivity index (χ0n) is 15.2. The number of aryl methyl sites for hydroxylation is 1. The smallest absolute Gasteiger partial charge is 0.194 e. The van der Waals surface area contributed by atoms with Crippen LogP contribution >= 0.6 is 24.0 Å². The van der Waals surface area contributed by atoms with E-state index in [2.05, 4.69) is 59.0 Å². The number of aromatic nitrogens is 1. The van der Waals surface area contributed by atoms with Crippen LogP contribution in [0.1, 0.15) is 31.9 Å². The summed E-state index contributed by atoms with van der Waals surface area (Å²) in [5, 5.41) is 3.44. The van der Waals surface area contributed by atoms with E-state index in [4.69, 9.17) is 4.99 Å². The molecule has 1 aliphatic heterocycles. The third kappa shape index (κ3) is 5.12. The monoisotopic (exact) mass is 445 g/mol. The first-order chi connectivity index (χ1) is 11.2. The molecule has 136 valence electrons. The Morgan fingerprint density at radius 1 is 1.38 bits per heavy atom. The van der Waals surface area contributed by atoms with Crippen LogP contribution in [0.25, 0.3) is 0 Å². The molecular weight excluding hydrogens is 413 g/mol. The molecule has 1 aromatic heterocycles. The topological polar surface area (TPSA) is 35.8 Å². The van der Waals surface area contributed by atoms with Gasteiger partial charge in [-0.1, -0.05) is 0 Å². The number of nitrogens with one attached hydrogen (secondary N) is 1. The minimum absolute atomic E-state index is 0. The Morgan fingerprint density at radius 2 is 2.17 bits per heavy atom. The van der Waals surface area contributed by atoms with Crippen molar-refractivity contribution in [1.29, 1.82) is 0 Å². The molecule has 1 saturated heterocycles. The van der Waals surface area contributed by atoms with E-state index in [0.717, 1.165) is 37.6 Å². The summed E-state index contributed by atoms with van der Waals surface area (Å²) in [7, 11) is 4.22. The van der Waals surface area contributed by atoms with Crippen LogP contribution in [0.4, 0.5) is 0 Å². The molecule has 1 atom stereocenters. The van der Waals surface area contributed by atoms with E-state index in [-0.39, 0.29) is 24.0 Å². The molecule has 1 unspecified atom stereocenters. The van der Waals surface area contributed by atoms with E-state index in [9.17, 15) is 0 Å². The summed E-state index contributed by atoms with van der Waals surface area (Å²) >= 11 is 0. The quantitative estimate of drug-likeness (QED) is 0.416. The van der Waals surface area contributed by atoms with Gasteiger partial charge >= 0.3 is 0 Å². The van der Waals surface area contributed by atoms with Crippen LogP contribution in [0.3, 0.4) is 0 Å². The Balaban J connectivity index is 0.00000208. The van der Waals surface area contributed by atoms with Gasteiger partial charge in [-0.05, 0) is 50.8 Å². The van der Waals surface area contributed by atoms with E-state index in [1.165, 1.54) is 38.0 Å². The van der Waals surface area contributed by atoms with Gasteiger partial charge in [0, 0.05) is 51.7 Å². The highest BCUT2D eigenvalue weighted by atomic mass is 127. The van der Waals surface area contributed by atoms with E-state index in [0.29, 0.717) is 0 Å². The van der Waals surface area contributed by atoms with Crippen LogP contribution in [0.15, 0.2) is 23.3 Å². The highest BCUT2D eigenvalue weighted by Gasteiger charge is 2.34. The molecule has 0 spiro atoms. The summed E-state index contributed by atoms with van der Waals surface area (Å²) in [6.07, 6.45) is 6.23. The normalized spacial score (nSPS) is 21.6. The number of nitrogens with zero attached hydrogens (tertiary/aromatic N) is 4. The molecule has 6 heteroatoms. The van der Waals surface area contributed by atoms with Gasteiger partial charge < -0.3 is 19.7 Å². The van der Waals surface area contributed by atoms with Crippen LogP contribution in [0.5, 0.6) is 0 Å². The number of hydrogen-bond acceptors (Lipinski definition) is 2. The highest BCUT2D eigenvalue weighted by molar-refractivity contribution is 14.0. The summed E-state index contributed by atoms with van der Waals surface area (Å²) in [4.78, 5) is 9.81. The van der Waals surface area contributed by atoms with Crippen molar-refractivity contribution in [2.45, 2.75) is 38.8 Å². The van der Waals surface area contributed by atoms with Crippen molar-refractivity contribution in [3.05, 3.63) is 24.0 Å². The van der Waals surface area contributed by atoms with Gasteiger partial charge in [0.25, 0.3) is 0 Å². The molecule has 0 amide bonds. The molecule has 0 radical (unpaired) electrons. The molecule has 24 heavy (non-hydrogen) atoms. The number of halogens is 1. The molecule has 2 aliphatic rings. The van der Waals surface area contributed by atoms with Crippen molar-refractivity contribution in [1.82, 2.24) is 19.7 Å². The summed E-state index contributed by atoms with van der Waals surface area (Å²) in [6, 6.07) is 5.17. The number of hydrogen-bond donors (Lipinski definition) is 1. The van der Waals surface area contributed by atoms with Gasteiger partial charge in [0.1, 0.15) is 0 Å². The second-order valence-electron chi connectivity index (χ2n) is 7.04. The Hall–Kier alpha value is -0.760. The van der Waals surface area contributed by atoms with E-state index >= 15 is 0 Å². The van der Waals surface area contributed by atoms with Crippen molar-refractivity contribution in [2.24, 2.45) is 18.0 Å². The molecule has 2 fully saturated rings. The van der Waals surface area contributed by atoms with E-state index in [1.807, 2.05) is 0 Å². The first-order valence-electron chi connectivity index (χ1n) is 9.01. The molecule has 0 bridgehead atoms. The van der Waals surface area contributed by atoms with Crippen molar-refractivity contribution >= 4 is 29.9 Å². The predicted molar refractivity (Wildman–Crippen MR) is 111 cm³/mol. The largest absolute Gasteiger partial charge is 0.357 e. The zero-order chi connectivity index (χ0) is 16.2. The molecule has 1 N–H and O–H groups in total. The Labute approximate surface area is 163 Å². The van der Waals surface area contributed by atoms with Crippen LogP contribution in [0.2, 0.25) is 0 Å². The SMILES string of the molecule is CCNC(=NCC1CCN(C2CC2)C1)N(C)Cc1cccn1C.I. The first kappa shape index (κ1) is 19.6. The van der Waals surface area contributed by atoms with E-state index < -0.39 is 0 Å². The highest BCUT2D eigenvalue weighted by Crippen LogP contribution is 2.31. The van der Waals surface area contributed by atoms with Gasteiger partial charge in [-0.3, -0.25) is 4.99 Å². The molecule has 0 aromatic carbocycles. The van der Waals surface area contributed by atoms with Gasteiger partial charge in [0.15, 0.2) is 5.96 Å². The lowest BCUT2D eigenvalue weighted by Crippen LogP contribution is -2.39. The molecule has 1 aromatic rings. The third-order valence-electron chi connectivity index (χ3n) is 5.03. The third-order valence-corrected chi connectivity index (χ3v) is 5.03. The average Bonchev–Trinajstić information content (AvgIpc) is 3.15. The standard InChI is InChI=1S/C18H31N5.HI/c1-4-19-18(22(3)14-17-6-5-10-21(17)2)20-12-15-9-11-23(13-15)16-7-8-16;/h5-6,10,15-16H,4,7-9,11-14H2,1-3H3,(H,19,20);1H. The maximum absolute atomic E-state index is 4.92. The lowest BCUT2D eigenvalue weighted by atomic mass is 10.1. The maximum atomic E-state index is 4.92. The average molecular weight is 445 g/mol. The number of guanidine groups is 1. The Morgan fingerprint density at radius 3 is 2.79 bits per heavy atom. The van der Waals surface area contributed by atoms with Gasteiger partial charge in [0.05, 0.1) is 6.54 Å². The molecule has 1 aliphatic carbocycles. The minimum atomic E-state index is 0. The van der Waals surface area contributed by atoms with Crippen molar-refractivity contribution < 1.29 is 0 Å². The summed E-state index contributed by atoms with van der Waals surface area (Å²) in [5.74, 6) is 1.76. The van der Waals surface area contributed by atoms with Gasteiger partial charge in [-0.25, -0.2) is 0 Å². The molecular formula is C18H32IN5. The summed E-state index contributed by atoms with van der Waals surface area (Å²) < 4.78 is 2.17. The summed E-state index contributed by atoms with van der Waals surface area (Å²) in [5.41, 5.74) is 1.30. The second kappa shape index (κ2) is 9.08. The zero-order valence-corrected chi connectivity index (χ0v) is 17.6. The number of likely N-dealkylation sites (tertiary alicyclic amines) is 1. The fourth-order valence-corrected chi connectivity index (χ4v) is 3.45. The van der Waals surface area contributed by atoms with Crippen LogP contribution in [-0.4, -0.2) is 59.6 Å². The molecule has 1 saturated carbocycles. The lowest BCUT2D eigenvalue weighted by molar-refractivity contribution is 0.315. The lowest BCUT2D eigenvalue weighted by Gasteiger charge is -2.23. The van der Waals surface area contributed by atoms with Crippen LogP contribution < -0.4 is 5.32 Å². The van der Waals surface area contributed by atoms with Crippen molar-refractivity contribution in [2.75, 3.05) is 33.2 Å². The van der Waals surface area contributed by atoms with Crippen LogP contribution in [-0.2, 0) is 13.6 Å². The molecule has 5 nitrogen and oxygen atoms in total. The fourth-order valence-electron chi connectivity index (χ4n) is 3.45. The minimum Gasteiger partial charge on any atom is -0.357 e. The molecule has 3 rings (SSSR count). The number of rotatable bonds is 6. The van der Waals surface area contributed by atoms with Crippen molar-refractivity contribution in [3.63, 3.8) is 0 Å². The fraction of sp³-hybridized carbons (Fsp3) is 0.722. The summed E-state index contributed by atoms with van der Waals surface area (Å²) in [6.45, 7) is 7.40. The van der Waals surface area contributed by atoms with E-state index in [1.54, 1.807) is 0 Å². The second-order valence-corrected chi connectivity index (χ2v) is 7.04.